The molecule has 0 radical (unpaired) electrons. The molecule has 3 aliphatic rings. The number of ether oxygens (including phenoxy) is 1. The first-order chi connectivity index (χ1) is 16.0. The zero-order valence-corrected chi connectivity index (χ0v) is 20.1. The van der Waals surface area contributed by atoms with Crippen LogP contribution >= 0.6 is 11.6 Å². The number of benzene rings is 2. The van der Waals surface area contributed by atoms with Gasteiger partial charge in [0.05, 0.1) is 23.1 Å². The van der Waals surface area contributed by atoms with Gasteiger partial charge in [0.2, 0.25) is 0 Å². The van der Waals surface area contributed by atoms with Crippen LogP contribution in [0.4, 0.5) is 0 Å². The van der Waals surface area contributed by atoms with Crippen LogP contribution in [-0.2, 0) is 0 Å². The molecule has 0 bridgehead atoms. The number of hydrogen-bond acceptors (Lipinski definition) is 5. The van der Waals surface area contributed by atoms with E-state index in [-0.39, 0.29) is 35.5 Å². The summed E-state index contributed by atoms with van der Waals surface area (Å²) < 4.78 is 6.24. The van der Waals surface area contributed by atoms with Crippen molar-refractivity contribution in [3.8, 4) is 5.75 Å². The van der Waals surface area contributed by atoms with Gasteiger partial charge in [-0.3, -0.25) is 24.1 Å². The van der Waals surface area contributed by atoms with Gasteiger partial charge in [-0.15, -0.1) is 0 Å². The van der Waals surface area contributed by atoms with Crippen LogP contribution in [0.5, 0.6) is 5.75 Å². The molecule has 5 rings (SSSR count). The number of nitrogens with zero attached hydrogens (tertiary/aromatic N) is 2. The van der Waals surface area contributed by atoms with Crippen molar-refractivity contribution in [2.75, 3.05) is 13.1 Å². The maximum Gasteiger partial charge on any atom is 0.262 e. The van der Waals surface area contributed by atoms with Crippen molar-refractivity contribution in [1.82, 2.24) is 9.80 Å². The van der Waals surface area contributed by atoms with Gasteiger partial charge in [-0.2, -0.15) is 0 Å². The van der Waals surface area contributed by atoms with Crippen LogP contribution in [0.25, 0.3) is 0 Å². The molecule has 2 aromatic carbocycles. The van der Waals surface area contributed by atoms with Crippen LogP contribution in [-0.4, -0.2) is 57.5 Å². The van der Waals surface area contributed by atoms with Gasteiger partial charge >= 0.3 is 0 Å². The Hall–Kier alpha value is -3.19. The van der Waals surface area contributed by atoms with Crippen molar-refractivity contribution in [2.24, 2.45) is 0 Å². The summed E-state index contributed by atoms with van der Waals surface area (Å²) >= 11 is 6.02. The van der Waals surface area contributed by atoms with Gasteiger partial charge in [0.1, 0.15) is 11.4 Å². The number of hydrogen-bond donors (Lipinski definition) is 0. The first kappa shape index (κ1) is 22.6. The Kier molecular flexibility index (Phi) is 5.09. The van der Waals surface area contributed by atoms with Crippen LogP contribution in [0, 0.1) is 0 Å². The van der Waals surface area contributed by atoms with Gasteiger partial charge in [0.25, 0.3) is 17.7 Å². The molecule has 0 unspecified atom stereocenters. The average molecular weight is 481 g/mol. The molecule has 1 saturated heterocycles. The maximum absolute atomic E-state index is 13.2. The fourth-order valence-electron chi connectivity index (χ4n) is 5.03. The van der Waals surface area contributed by atoms with E-state index in [0.29, 0.717) is 53.4 Å². The summed E-state index contributed by atoms with van der Waals surface area (Å²) in [6, 6.07) is 9.73. The zero-order chi connectivity index (χ0) is 24.4. The second-order valence-corrected chi connectivity index (χ2v) is 10.6. The SMILES string of the molecule is CC(C)(C)N1C(=O)c2ccc(C(=O)N3CCC4(CC3)CC(=O)c3cc(Cl)ccc3O4)cc2C1=O. The van der Waals surface area contributed by atoms with Gasteiger partial charge < -0.3 is 9.64 Å². The Morgan fingerprint density at radius 2 is 1.62 bits per heavy atom. The standard InChI is InChI=1S/C26H25ClN2O5/c1-25(2,3)29-23(32)17-6-4-15(12-18(17)24(29)33)22(31)28-10-8-26(9-11-28)14-20(30)19-13-16(27)5-7-21(19)34-26/h4-7,12-13H,8-11,14H2,1-3H3. The van der Waals surface area contributed by atoms with Crippen LogP contribution in [0.3, 0.4) is 0 Å². The summed E-state index contributed by atoms with van der Waals surface area (Å²) in [7, 11) is 0. The van der Waals surface area contributed by atoms with Crippen molar-refractivity contribution in [3.63, 3.8) is 0 Å². The lowest BCUT2D eigenvalue weighted by molar-refractivity contribution is -0.00573. The highest BCUT2D eigenvalue weighted by Gasteiger charge is 2.45. The molecule has 7 nitrogen and oxygen atoms in total. The van der Waals surface area contributed by atoms with Gasteiger partial charge in [0, 0.05) is 42.1 Å². The van der Waals surface area contributed by atoms with Crippen molar-refractivity contribution in [1.29, 1.82) is 0 Å². The monoisotopic (exact) mass is 480 g/mol. The van der Waals surface area contributed by atoms with E-state index < -0.39 is 11.1 Å². The number of carbonyl (C=O) groups excluding carboxylic acids is 4. The number of fused-ring (bicyclic) bond motifs is 2. The molecular formula is C26H25ClN2O5. The third-order valence-corrected chi connectivity index (χ3v) is 7.05. The van der Waals surface area contributed by atoms with Crippen molar-refractivity contribution in [3.05, 3.63) is 63.7 Å². The Morgan fingerprint density at radius 1 is 0.941 bits per heavy atom. The van der Waals surface area contributed by atoms with E-state index in [2.05, 4.69) is 0 Å². The molecule has 8 heteroatoms. The van der Waals surface area contributed by atoms with Gasteiger partial charge in [0.15, 0.2) is 5.78 Å². The molecule has 34 heavy (non-hydrogen) atoms. The lowest BCUT2D eigenvalue weighted by Crippen LogP contribution is -2.52. The minimum absolute atomic E-state index is 0.00580. The number of halogens is 1. The second kappa shape index (κ2) is 7.67. The number of ketones is 1. The largest absolute Gasteiger partial charge is 0.486 e. The fraction of sp³-hybridized carbons (Fsp3) is 0.385. The normalized spacial score (nSPS) is 19.2. The van der Waals surface area contributed by atoms with Gasteiger partial charge in [-0.05, 0) is 57.2 Å². The Morgan fingerprint density at radius 3 is 2.29 bits per heavy atom. The van der Waals surface area contributed by atoms with E-state index in [1.807, 2.05) is 0 Å². The topological polar surface area (TPSA) is 84.0 Å². The van der Waals surface area contributed by atoms with Crippen molar-refractivity contribution < 1.29 is 23.9 Å². The Balaban J connectivity index is 1.32. The number of Topliss-reactive ketones (excluding diaryl/α,β-unsaturated/α-hetero) is 1. The molecule has 1 spiro atoms. The summed E-state index contributed by atoms with van der Waals surface area (Å²) in [4.78, 5) is 54.5. The van der Waals surface area contributed by atoms with Crippen molar-refractivity contribution in [2.45, 2.75) is 51.2 Å². The number of amides is 3. The molecule has 3 aliphatic heterocycles. The molecule has 3 amide bonds. The first-order valence-corrected chi connectivity index (χ1v) is 11.7. The average Bonchev–Trinajstić information content (AvgIpc) is 3.04. The number of piperidine rings is 1. The zero-order valence-electron chi connectivity index (χ0n) is 19.3. The minimum Gasteiger partial charge on any atom is -0.486 e. The van der Waals surface area contributed by atoms with E-state index in [1.54, 1.807) is 56.0 Å². The van der Waals surface area contributed by atoms with Gasteiger partial charge in [-0.25, -0.2) is 0 Å². The predicted molar refractivity (Wildman–Crippen MR) is 126 cm³/mol. The number of imide groups is 1. The highest BCUT2D eigenvalue weighted by Crippen LogP contribution is 2.40. The number of likely N-dealkylation sites (tertiary alicyclic amines) is 1. The summed E-state index contributed by atoms with van der Waals surface area (Å²) in [5, 5.41) is 0.493. The third kappa shape index (κ3) is 3.59. The molecule has 3 heterocycles. The van der Waals surface area contributed by atoms with Crippen LogP contribution < -0.4 is 4.74 Å². The summed E-state index contributed by atoms with van der Waals surface area (Å²) in [5.41, 5.74) is 0.158. The molecule has 176 valence electrons. The molecule has 0 aromatic heterocycles. The molecule has 0 N–H and O–H groups in total. The Bertz CT molecular complexity index is 1250. The van der Waals surface area contributed by atoms with Crippen LogP contribution in [0.2, 0.25) is 5.02 Å². The molecular weight excluding hydrogens is 456 g/mol. The maximum atomic E-state index is 13.2. The fourth-order valence-corrected chi connectivity index (χ4v) is 5.20. The smallest absolute Gasteiger partial charge is 0.262 e. The molecule has 0 saturated carbocycles. The van der Waals surface area contributed by atoms with Gasteiger partial charge in [-0.1, -0.05) is 11.6 Å². The number of rotatable bonds is 1. The van der Waals surface area contributed by atoms with E-state index in [4.69, 9.17) is 16.3 Å². The Labute approximate surface area is 202 Å². The van der Waals surface area contributed by atoms with Crippen LogP contribution in [0.1, 0.15) is 81.5 Å². The van der Waals surface area contributed by atoms with Crippen LogP contribution in [0.15, 0.2) is 36.4 Å². The molecule has 0 atom stereocenters. The van der Waals surface area contributed by atoms with E-state index >= 15 is 0 Å². The lowest BCUT2D eigenvalue weighted by Gasteiger charge is -2.44. The first-order valence-electron chi connectivity index (χ1n) is 11.3. The molecule has 2 aromatic rings. The minimum atomic E-state index is -0.653. The third-order valence-electron chi connectivity index (χ3n) is 6.82. The highest BCUT2D eigenvalue weighted by molar-refractivity contribution is 6.31. The molecule has 1 fully saturated rings. The second-order valence-electron chi connectivity index (χ2n) is 10.2. The van der Waals surface area contributed by atoms with E-state index in [1.165, 1.54) is 11.0 Å². The number of carbonyl (C=O) groups is 4. The van der Waals surface area contributed by atoms with E-state index in [9.17, 15) is 19.2 Å². The quantitative estimate of drug-likeness (QED) is 0.566. The summed E-state index contributed by atoms with van der Waals surface area (Å²) in [6.07, 6.45) is 1.29. The lowest BCUT2D eigenvalue weighted by atomic mass is 9.82. The predicted octanol–water partition coefficient (Wildman–Crippen LogP) is 4.37. The highest BCUT2D eigenvalue weighted by atomic mass is 35.5. The summed E-state index contributed by atoms with van der Waals surface area (Å²) in [6.45, 7) is 6.25. The summed E-state index contributed by atoms with van der Waals surface area (Å²) in [5.74, 6) is -0.402. The van der Waals surface area contributed by atoms with E-state index in [0.717, 1.165) is 0 Å². The molecule has 0 aliphatic carbocycles. The van der Waals surface area contributed by atoms with Crippen molar-refractivity contribution >= 4 is 35.1 Å².